The second-order valence-corrected chi connectivity index (χ2v) is 8.71. The second-order valence-electron chi connectivity index (χ2n) is 7.73. The lowest BCUT2D eigenvalue weighted by Gasteiger charge is -2.42. The molecule has 1 N–H and O–H groups in total. The maximum Gasteiger partial charge on any atom is 0.223 e. The summed E-state index contributed by atoms with van der Waals surface area (Å²) in [6.45, 7) is 5.98. The van der Waals surface area contributed by atoms with Crippen LogP contribution >= 0.6 is 11.3 Å². The van der Waals surface area contributed by atoms with Crippen LogP contribution < -0.4 is 15.0 Å². The molecule has 5 nitrogen and oxygen atoms in total. The van der Waals surface area contributed by atoms with Crippen molar-refractivity contribution in [3.63, 3.8) is 0 Å². The highest BCUT2D eigenvalue weighted by Crippen LogP contribution is 2.34. The Hall–Kier alpha value is -2.05. The molecule has 1 aliphatic carbocycles. The van der Waals surface area contributed by atoms with Gasteiger partial charge in [0.15, 0.2) is 0 Å². The van der Waals surface area contributed by atoms with Crippen molar-refractivity contribution >= 4 is 22.9 Å². The van der Waals surface area contributed by atoms with Gasteiger partial charge in [0.2, 0.25) is 5.91 Å². The van der Waals surface area contributed by atoms with Gasteiger partial charge in [-0.05, 0) is 43.3 Å². The molecule has 2 atom stereocenters. The van der Waals surface area contributed by atoms with E-state index in [-0.39, 0.29) is 23.9 Å². The first-order chi connectivity index (χ1) is 13.7. The largest absolute Gasteiger partial charge is 0.495 e. The molecule has 1 saturated heterocycles. The van der Waals surface area contributed by atoms with Gasteiger partial charge in [0.05, 0.1) is 18.8 Å². The van der Waals surface area contributed by atoms with Crippen molar-refractivity contribution in [3.05, 3.63) is 46.7 Å². The van der Waals surface area contributed by atoms with Crippen LogP contribution in [-0.2, 0) is 4.79 Å². The van der Waals surface area contributed by atoms with Gasteiger partial charge in [0.1, 0.15) is 5.75 Å². The van der Waals surface area contributed by atoms with E-state index in [1.54, 1.807) is 18.4 Å². The van der Waals surface area contributed by atoms with Gasteiger partial charge in [-0.1, -0.05) is 18.2 Å². The number of carbonyl (C=O) groups excluding carboxylic acids is 1. The van der Waals surface area contributed by atoms with E-state index in [9.17, 15) is 4.79 Å². The SMILES string of the molecule is COc1ccccc1N1CCN([C@@H](c2cccs2)[C@@H](C)NC(=O)C2CC2)CC1. The molecule has 4 rings (SSSR count). The van der Waals surface area contributed by atoms with E-state index in [1.165, 1.54) is 4.88 Å². The van der Waals surface area contributed by atoms with E-state index < -0.39 is 0 Å². The van der Waals surface area contributed by atoms with E-state index in [1.807, 2.05) is 12.1 Å². The highest BCUT2D eigenvalue weighted by Gasteiger charge is 2.35. The van der Waals surface area contributed by atoms with Crippen LogP contribution in [0.2, 0.25) is 0 Å². The Morgan fingerprint density at radius 3 is 2.54 bits per heavy atom. The highest BCUT2D eigenvalue weighted by atomic mass is 32.1. The smallest absolute Gasteiger partial charge is 0.223 e. The van der Waals surface area contributed by atoms with Crippen molar-refractivity contribution in [1.29, 1.82) is 0 Å². The molecule has 1 saturated carbocycles. The number of hydrogen-bond acceptors (Lipinski definition) is 5. The molecule has 0 bridgehead atoms. The number of benzene rings is 1. The monoisotopic (exact) mass is 399 g/mol. The number of methoxy groups -OCH3 is 1. The van der Waals surface area contributed by atoms with Crippen LogP contribution in [0.3, 0.4) is 0 Å². The summed E-state index contributed by atoms with van der Waals surface area (Å²) >= 11 is 1.78. The van der Waals surface area contributed by atoms with Crippen LogP contribution in [0, 0.1) is 5.92 Å². The third-order valence-electron chi connectivity index (χ3n) is 5.76. The number of amides is 1. The summed E-state index contributed by atoms with van der Waals surface area (Å²) < 4.78 is 5.54. The fourth-order valence-electron chi connectivity index (χ4n) is 4.10. The van der Waals surface area contributed by atoms with Crippen LogP contribution in [-0.4, -0.2) is 50.1 Å². The Kier molecular flexibility index (Phi) is 5.87. The second kappa shape index (κ2) is 8.53. The molecule has 6 heteroatoms. The number of para-hydroxylation sites is 2. The van der Waals surface area contributed by atoms with Gasteiger partial charge >= 0.3 is 0 Å². The molecule has 28 heavy (non-hydrogen) atoms. The minimum absolute atomic E-state index is 0.101. The Morgan fingerprint density at radius 1 is 1.14 bits per heavy atom. The first-order valence-electron chi connectivity index (χ1n) is 10.1. The number of anilines is 1. The van der Waals surface area contributed by atoms with Gasteiger partial charge in [-0.15, -0.1) is 11.3 Å². The first kappa shape index (κ1) is 19.3. The van der Waals surface area contributed by atoms with Gasteiger partial charge in [0.25, 0.3) is 0 Å². The summed E-state index contributed by atoms with van der Waals surface area (Å²) in [5, 5.41) is 5.41. The summed E-state index contributed by atoms with van der Waals surface area (Å²) in [6, 6.07) is 12.8. The van der Waals surface area contributed by atoms with Gasteiger partial charge < -0.3 is 15.0 Å². The number of piperazine rings is 1. The Labute approximate surface area is 171 Å². The van der Waals surface area contributed by atoms with Crippen LogP contribution in [0.1, 0.15) is 30.7 Å². The maximum absolute atomic E-state index is 12.3. The van der Waals surface area contributed by atoms with Gasteiger partial charge in [-0.2, -0.15) is 0 Å². The lowest BCUT2D eigenvalue weighted by atomic mass is 10.0. The average Bonchev–Trinajstić information content (AvgIpc) is 3.45. The van der Waals surface area contributed by atoms with E-state index in [4.69, 9.17) is 4.74 Å². The zero-order valence-corrected chi connectivity index (χ0v) is 17.5. The standard InChI is InChI=1S/C22H29N3O2S/c1-16(23-22(26)17-9-10-17)21(20-8-5-15-28-20)25-13-11-24(12-14-25)18-6-3-4-7-19(18)27-2/h3-8,15-17,21H,9-14H2,1-2H3,(H,23,26)/t16-,21-/m1/s1. The summed E-state index contributed by atoms with van der Waals surface area (Å²) in [5.41, 5.74) is 1.16. The highest BCUT2D eigenvalue weighted by molar-refractivity contribution is 7.10. The molecule has 0 radical (unpaired) electrons. The number of carbonyl (C=O) groups is 1. The quantitative estimate of drug-likeness (QED) is 0.774. The number of hydrogen-bond donors (Lipinski definition) is 1. The van der Waals surface area contributed by atoms with Crippen LogP contribution in [0.4, 0.5) is 5.69 Å². The lowest BCUT2D eigenvalue weighted by Crippen LogP contribution is -2.52. The molecule has 0 spiro atoms. The summed E-state index contributed by atoms with van der Waals surface area (Å²) in [4.78, 5) is 18.6. The van der Waals surface area contributed by atoms with Crippen molar-refractivity contribution in [2.45, 2.75) is 31.8 Å². The van der Waals surface area contributed by atoms with E-state index in [2.05, 4.69) is 51.7 Å². The van der Waals surface area contributed by atoms with E-state index in [0.717, 1.165) is 50.5 Å². The number of ether oxygens (including phenoxy) is 1. The molecule has 0 unspecified atom stereocenters. The Balaban J connectivity index is 1.45. The fraction of sp³-hybridized carbons (Fsp3) is 0.500. The number of thiophene rings is 1. The summed E-state index contributed by atoms with van der Waals surface area (Å²) in [7, 11) is 1.73. The van der Waals surface area contributed by atoms with Gasteiger partial charge in [-0.25, -0.2) is 0 Å². The number of nitrogens with zero attached hydrogens (tertiary/aromatic N) is 2. The number of nitrogens with one attached hydrogen (secondary N) is 1. The molecule has 2 aromatic rings. The maximum atomic E-state index is 12.3. The van der Waals surface area contributed by atoms with Crippen LogP contribution in [0.15, 0.2) is 41.8 Å². The third-order valence-corrected chi connectivity index (χ3v) is 6.70. The molecule has 1 aromatic carbocycles. The number of rotatable bonds is 7. The third kappa shape index (κ3) is 4.18. The van der Waals surface area contributed by atoms with E-state index in [0.29, 0.717) is 0 Å². The molecule has 150 valence electrons. The van der Waals surface area contributed by atoms with Crippen molar-refractivity contribution in [3.8, 4) is 5.75 Å². The molecular formula is C22H29N3O2S. The van der Waals surface area contributed by atoms with Crippen LogP contribution in [0.5, 0.6) is 5.75 Å². The Morgan fingerprint density at radius 2 is 1.89 bits per heavy atom. The van der Waals surface area contributed by atoms with E-state index >= 15 is 0 Å². The molecule has 2 aliphatic rings. The molecule has 1 aliphatic heterocycles. The molecular weight excluding hydrogens is 370 g/mol. The molecule has 2 fully saturated rings. The molecule has 1 amide bonds. The van der Waals surface area contributed by atoms with Crippen LogP contribution in [0.25, 0.3) is 0 Å². The fourth-order valence-corrected chi connectivity index (χ4v) is 5.06. The zero-order valence-electron chi connectivity index (χ0n) is 16.6. The average molecular weight is 400 g/mol. The first-order valence-corrected chi connectivity index (χ1v) is 11.0. The van der Waals surface area contributed by atoms with Gasteiger partial charge in [-0.3, -0.25) is 9.69 Å². The molecule has 1 aromatic heterocycles. The minimum atomic E-state index is 0.101. The topological polar surface area (TPSA) is 44.8 Å². The van der Waals surface area contributed by atoms with Crippen molar-refractivity contribution in [2.75, 3.05) is 38.2 Å². The molecule has 2 heterocycles. The normalized spacial score (nSPS) is 19.9. The van der Waals surface area contributed by atoms with Crippen molar-refractivity contribution in [1.82, 2.24) is 10.2 Å². The Bertz CT molecular complexity index is 783. The zero-order chi connectivity index (χ0) is 19.5. The lowest BCUT2D eigenvalue weighted by molar-refractivity contribution is -0.123. The van der Waals surface area contributed by atoms with Crippen molar-refractivity contribution < 1.29 is 9.53 Å². The van der Waals surface area contributed by atoms with Crippen molar-refractivity contribution in [2.24, 2.45) is 5.92 Å². The summed E-state index contributed by atoms with van der Waals surface area (Å²) in [5.74, 6) is 1.39. The predicted octanol–water partition coefficient (Wildman–Crippen LogP) is 3.53. The minimum Gasteiger partial charge on any atom is -0.495 e. The van der Waals surface area contributed by atoms with Gasteiger partial charge in [0, 0.05) is 43.0 Å². The summed E-state index contributed by atoms with van der Waals surface area (Å²) in [6.07, 6.45) is 2.08. The predicted molar refractivity (Wildman–Crippen MR) is 114 cm³/mol.